The van der Waals surface area contributed by atoms with Crippen LogP contribution in [0.4, 0.5) is 46.2 Å². The number of carboxylic acid groups (broad SMARTS) is 1. The molecular weight excluding hydrogens is 1340 g/mol. The zero-order chi connectivity index (χ0) is 70.2. The summed E-state index contributed by atoms with van der Waals surface area (Å²) in [4.78, 5) is 72.2. The Hall–Kier alpha value is -12.2. The normalized spacial score (nSPS) is 13.2. The number of hydrogen-bond acceptors (Lipinski definition) is 28. The topological polar surface area (TPSA) is 349 Å². The number of carbonyl (C=O) groups is 3. The lowest BCUT2D eigenvalue weighted by atomic mass is 9.90. The molecule has 7 aromatic heterocycles. The summed E-state index contributed by atoms with van der Waals surface area (Å²) < 4.78 is 30.3. The summed E-state index contributed by atoms with van der Waals surface area (Å²) in [7, 11) is 0. The van der Waals surface area contributed by atoms with Gasteiger partial charge >= 0.3 is 17.9 Å². The predicted octanol–water partition coefficient (Wildman–Crippen LogP) is 14.0. The maximum Gasteiger partial charge on any atom is 0.338 e. The molecule has 2 aliphatic rings. The number of carboxylic acids is 1. The smallest absolute Gasteiger partial charge is 0.338 e. The molecule has 0 amide bonds. The van der Waals surface area contributed by atoms with Crippen molar-refractivity contribution in [2.24, 2.45) is 5.92 Å². The number of fused-ring (bicyclic) bond motifs is 3. The van der Waals surface area contributed by atoms with E-state index in [0.717, 1.165) is 80.2 Å². The minimum atomic E-state index is -0.967. The van der Waals surface area contributed by atoms with Crippen molar-refractivity contribution in [3.8, 4) is 11.5 Å². The molecule has 2 aliphatic heterocycles. The zero-order valence-electron chi connectivity index (χ0n) is 55.0. The van der Waals surface area contributed by atoms with Crippen molar-refractivity contribution >= 4 is 121 Å². The Morgan fingerprint density at radius 3 is 1.43 bits per heavy atom. The third-order valence-electron chi connectivity index (χ3n) is 16.4. The van der Waals surface area contributed by atoms with Crippen LogP contribution in [0.15, 0.2) is 195 Å². The third kappa shape index (κ3) is 17.6. The van der Waals surface area contributed by atoms with Crippen molar-refractivity contribution in [2.45, 2.75) is 62.5 Å². The van der Waals surface area contributed by atoms with Gasteiger partial charge in [0.15, 0.2) is 29.1 Å². The molecule has 13 aromatic rings. The summed E-state index contributed by atoms with van der Waals surface area (Å²) in [6.45, 7) is 7.57. The monoisotopic (exact) mass is 1410 g/mol. The minimum absolute atomic E-state index is 0.221. The predicted molar refractivity (Wildman–Crippen MR) is 381 cm³/mol. The minimum Gasteiger partial charge on any atom is -0.478 e. The van der Waals surface area contributed by atoms with Crippen LogP contribution >= 0.6 is 23.4 Å². The van der Waals surface area contributed by atoms with Crippen molar-refractivity contribution in [3.63, 3.8) is 0 Å². The molecule has 102 heavy (non-hydrogen) atoms. The van der Waals surface area contributed by atoms with Crippen LogP contribution in [-0.2, 0) is 22.3 Å². The molecule has 0 unspecified atom stereocenters. The van der Waals surface area contributed by atoms with Crippen molar-refractivity contribution in [3.05, 3.63) is 215 Å². The highest BCUT2D eigenvalue weighted by Gasteiger charge is 2.28. The largest absolute Gasteiger partial charge is 0.478 e. The Bertz CT molecular complexity index is 4950. The van der Waals surface area contributed by atoms with Gasteiger partial charge in [-0.1, -0.05) is 54.1 Å². The summed E-state index contributed by atoms with van der Waals surface area (Å²) >= 11 is 7.89. The number of aromatic nitrogens is 13. The van der Waals surface area contributed by atoms with Crippen molar-refractivity contribution in [2.75, 3.05) is 65.1 Å². The highest BCUT2D eigenvalue weighted by molar-refractivity contribution is 8.00. The van der Waals surface area contributed by atoms with E-state index in [9.17, 15) is 14.4 Å². The van der Waals surface area contributed by atoms with Gasteiger partial charge in [0.1, 0.15) is 11.5 Å². The number of carbonyl (C=O) groups excluding carboxylic acids is 2. The first-order valence-corrected chi connectivity index (χ1v) is 34.0. The summed E-state index contributed by atoms with van der Waals surface area (Å²) in [5.74, 6) is 3.34. The van der Waals surface area contributed by atoms with Crippen molar-refractivity contribution < 1.29 is 47.6 Å². The first-order chi connectivity index (χ1) is 49.9. The second kappa shape index (κ2) is 32.6. The number of esters is 2. The lowest BCUT2D eigenvalue weighted by Gasteiger charge is -2.33. The van der Waals surface area contributed by atoms with E-state index in [1.807, 2.05) is 54.2 Å². The van der Waals surface area contributed by atoms with Crippen LogP contribution in [0.3, 0.4) is 0 Å². The van der Waals surface area contributed by atoms with E-state index in [0.29, 0.717) is 128 Å². The molecule has 0 saturated carbocycles. The molecule has 2 saturated heterocycles. The fourth-order valence-electron chi connectivity index (χ4n) is 11.3. The maximum absolute atomic E-state index is 11.9. The number of ether oxygens (including phenoxy) is 3. The van der Waals surface area contributed by atoms with Gasteiger partial charge in [0.25, 0.3) is 0 Å². The van der Waals surface area contributed by atoms with Gasteiger partial charge in [0.05, 0.1) is 35.6 Å². The number of aromatic carboxylic acids is 1. The number of piperidine rings is 2. The van der Waals surface area contributed by atoms with E-state index >= 15 is 0 Å². The molecule has 15 rings (SSSR count). The highest BCUT2D eigenvalue weighted by Crippen LogP contribution is 2.37. The number of hydrogen-bond donors (Lipinski definition) is 4. The van der Waals surface area contributed by atoms with Gasteiger partial charge in [-0.15, -0.1) is 11.8 Å². The van der Waals surface area contributed by atoms with Gasteiger partial charge in [-0.2, -0.15) is 0 Å². The highest BCUT2D eigenvalue weighted by atomic mass is 35.5. The molecule has 28 nitrogen and oxygen atoms in total. The molecule has 9 heterocycles. The van der Waals surface area contributed by atoms with Crippen LogP contribution in [0.25, 0.3) is 33.9 Å². The fraction of sp³-hybridized carbons (Fsp3) is 0.222. The van der Waals surface area contributed by atoms with E-state index in [1.54, 1.807) is 111 Å². The molecule has 0 bridgehead atoms. The lowest BCUT2D eigenvalue weighted by Crippen LogP contribution is -2.36. The summed E-state index contributed by atoms with van der Waals surface area (Å²) in [6.07, 6.45) is 9.01. The molecule has 2 fully saturated rings. The summed E-state index contributed by atoms with van der Waals surface area (Å²) in [5, 5.41) is 43.1. The van der Waals surface area contributed by atoms with Gasteiger partial charge in [0, 0.05) is 77.2 Å². The summed E-state index contributed by atoms with van der Waals surface area (Å²) in [5.41, 5.74) is 8.37. The second-order valence-electron chi connectivity index (χ2n) is 23.4. The second-order valence-corrected chi connectivity index (χ2v) is 25.2. The number of halogens is 1. The Balaban J connectivity index is 0.000000137. The Morgan fingerprint density at radius 1 is 0.500 bits per heavy atom. The standard InChI is InChI=1S/C25H20N6O4.C24H23ClN6O3S.C23H22N6O3/c1-2-33-25(32)17-5-7-18(8-6-17)27-22-21(28-23-24(29-22)31-35-30-23)15-16-3-9-19(10-4-16)34-20-11-13-26-14-12-20;1-2-33-24(32)15-3-7-17(8-4-15)26-22-23(28-21-20(27-22)29-34-30-21)31-13-11-19(12-14-31)35-18-9-5-16(25)6-10-18;30-23(31)17-6-8-18(9-7-17)24-21-22(26-20-19(25-21)27-32-28-20)29-12-10-16(11-13-29)14-15-4-2-1-3-5-15/h3-14H,2,15H2,1H3,(H,27,29,31);3-10,19H,2,11-14H2,1H3,(H,26,27,29);1-9,16H,10-14H2,(H,30,31)(H,24,25,27). The number of nitrogens with one attached hydrogen (secondary N) is 3. The van der Waals surface area contributed by atoms with E-state index < -0.39 is 5.97 Å². The number of anilines is 8. The maximum atomic E-state index is 11.9. The Labute approximate surface area is 591 Å². The number of thioether (sulfide) groups is 1. The van der Waals surface area contributed by atoms with Gasteiger partial charge in [0.2, 0.25) is 33.9 Å². The molecular formula is C72H65ClN18O10S. The first kappa shape index (κ1) is 68.3. The van der Waals surface area contributed by atoms with Crippen LogP contribution < -0.4 is 30.5 Å². The van der Waals surface area contributed by atoms with Crippen LogP contribution in [0.5, 0.6) is 11.5 Å². The van der Waals surface area contributed by atoms with E-state index in [2.05, 4.69) is 128 Å². The number of pyridine rings is 1. The number of nitrogens with zero attached hydrogens (tertiary/aromatic N) is 15. The zero-order valence-corrected chi connectivity index (χ0v) is 56.6. The first-order valence-electron chi connectivity index (χ1n) is 32.7. The van der Waals surface area contributed by atoms with Crippen molar-refractivity contribution in [1.29, 1.82) is 0 Å². The lowest BCUT2D eigenvalue weighted by molar-refractivity contribution is 0.0517. The van der Waals surface area contributed by atoms with Gasteiger partial charge in [-0.25, -0.2) is 58.2 Å². The molecule has 0 aliphatic carbocycles. The molecule has 6 aromatic carbocycles. The number of rotatable bonds is 21. The average Bonchev–Trinajstić information content (AvgIpc) is 1.53. The van der Waals surface area contributed by atoms with Gasteiger partial charge in [-0.3, -0.25) is 4.98 Å². The Morgan fingerprint density at radius 2 is 0.941 bits per heavy atom. The molecule has 30 heteroatoms. The molecule has 4 N–H and O–H groups in total. The van der Waals surface area contributed by atoms with E-state index in [1.165, 1.54) is 10.5 Å². The fourth-order valence-corrected chi connectivity index (χ4v) is 12.5. The van der Waals surface area contributed by atoms with Crippen LogP contribution in [0.2, 0.25) is 5.02 Å². The van der Waals surface area contributed by atoms with Crippen molar-refractivity contribution in [1.82, 2.24) is 65.8 Å². The van der Waals surface area contributed by atoms with Crippen LogP contribution in [-0.4, -0.2) is 133 Å². The number of benzene rings is 6. The Kier molecular flexibility index (Phi) is 21.8. The average molecular weight is 1410 g/mol. The van der Waals surface area contributed by atoms with E-state index in [-0.39, 0.29) is 17.5 Å². The van der Waals surface area contributed by atoms with Crippen LogP contribution in [0.1, 0.15) is 87.4 Å². The van der Waals surface area contributed by atoms with E-state index in [4.69, 9.17) is 44.8 Å². The molecule has 0 radical (unpaired) electrons. The summed E-state index contributed by atoms with van der Waals surface area (Å²) in [6, 6.07) is 50.3. The van der Waals surface area contributed by atoms with Gasteiger partial charge < -0.3 is 45.1 Å². The third-order valence-corrected chi connectivity index (χ3v) is 18.0. The molecule has 516 valence electrons. The van der Waals surface area contributed by atoms with Crippen LogP contribution in [0, 0.1) is 5.92 Å². The SMILES string of the molecule is CCOC(=O)c1ccc(Nc2nc3nonc3nc2Cc2ccc(Oc3ccncc3)cc2)cc1.CCOC(=O)c1ccc(Nc2nc3nonc3nc2N2CCC(Sc3ccc(Cl)cc3)CC2)cc1.O=C(O)c1ccc(Nc2nc3nonc3nc2N2CCC(Cc3ccccc3)CC2)cc1. The molecule has 0 atom stereocenters. The molecule has 0 spiro atoms. The quantitative estimate of drug-likeness (QED) is 0.0485. The van der Waals surface area contributed by atoms with Gasteiger partial charge in [-0.05, 0) is 215 Å².